The minimum absolute atomic E-state index is 0.269. The molecular weight excluding hydrogens is 246 g/mol. The van der Waals surface area contributed by atoms with Gasteiger partial charge in [0.25, 0.3) is 5.91 Å². The molecule has 0 rings (SSSR count). The van der Waals surface area contributed by atoms with E-state index in [1.807, 2.05) is 0 Å². The van der Waals surface area contributed by atoms with Gasteiger partial charge in [0.05, 0.1) is 6.61 Å². The quantitative estimate of drug-likeness (QED) is 0.512. The predicted molar refractivity (Wildman–Crippen MR) is 73.6 cm³/mol. The second kappa shape index (κ2) is 9.55. The van der Waals surface area contributed by atoms with E-state index in [1.54, 1.807) is 19.9 Å². The molecule has 0 saturated heterocycles. The van der Waals surface area contributed by atoms with E-state index in [0.717, 1.165) is 6.42 Å². The van der Waals surface area contributed by atoms with E-state index < -0.39 is 18.2 Å². The average molecular weight is 271 g/mol. The van der Waals surface area contributed by atoms with Gasteiger partial charge in [-0.3, -0.25) is 4.79 Å². The Morgan fingerprint density at radius 2 is 1.84 bits per heavy atom. The van der Waals surface area contributed by atoms with Gasteiger partial charge < -0.3 is 14.8 Å². The molecule has 19 heavy (non-hydrogen) atoms. The van der Waals surface area contributed by atoms with Crippen molar-refractivity contribution in [3.05, 3.63) is 12.7 Å². The molecule has 0 saturated carbocycles. The summed E-state index contributed by atoms with van der Waals surface area (Å²) in [5.41, 5.74) is 0. The zero-order valence-electron chi connectivity index (χ0n) is 12.3. The van der Waals surface area contributed by atoms with Crippen LogP contribution in [0, 0.1) is 5.92 Å². The molecular formula is C14H25NO4. The zero-order valence-corrected chi connectivity index (χ0v) is 12.3. The molecule has 2 atom stereocenters. The third-order valence-electron chi connectivity index (χ3n) is 2.48. The van der Waals surface area contributed by atoms with Gasteiger partial charge in [-0.1, -0.05) is 19.9 Å². The lowest BCUT2D eigenvalue weighted by Crippen LogP contribution is -2.38. The summed E-state index contributed by atoms with van der Waals surface area (Å²) in [6.07, 6.45) is 0.926. The van der Waals surface area contributed by atoms with Crippen molar-refractivity contribution in [2.24, 2.45) is 5.92 Å². The third-order valence-corrected chi connectivity index (χ3v) is 2.48. The van der Waals surface area contributed by atoms with Gasteiger partial charge in [-0.2, -0.15) is 0 Å². The number of carbonyl (C=O) groups is 2. The molecule has 5 nitrogen and oxygen atoms in total. The molecule has 1 N–H and O–H groups in total. The summed E-state index contributed by atoms with van der Waals surface area (Å²) >= 11 is 0. The largest absolute Gasteiger partial charge is 0.451 e. The lowest BCUT2D eigenvalue weighted by Gasteiger charge is -2.17. The van der Waals surface area contributed by atoms with E-state index in [0.29, 0.717) is 12.5 Å². The molecule has 0 aromatic rings. The highest BCUT2D eigenvalue weighted by Crippen LogP contribution is 2.01. The number of carbonyl (C=O) groups excluding carboxylic acids is 2. The highest BCUT2D eigenvalue weighted by molar-refractivity contribution is 5.84. The molecule has 0 radical (unpaired) electrons. The van der Waals surface area contributed by atoms with Crippen molar-refractivity contribution < 1.29 is 19.1 Å². The minimum atomic E-state index is -0.811. The zero-order chi connectivity index (χ0) is 14.8. The summed E-state index contributed by atoms with van der Waals surface area (Å²) in [6, 6.07) is 0. The number of hydrogen-bond acceptors (Lipinski definition) is 4. The van der Waals surface area contributed by atoms with E-state index in [-0.39, 0.29) is 12.5 Å². The Hall–Kier alpha value is -1.36. The Morgan fingerprint density at radius 3 is 2.37 bits per heavy atom. The molecule has 0 aliphatic rings. The fourth-order valence-electron chi connectivity index (χ4n) is 1.23. The SMILES string of the molecule is C=CCOC(C)C(=O)OC(C)C(=O)NCCC(C)C. The lowest BCUT2D eigenvalue weighted by atomic mass is 10.1. The van der Waals surface area contributed by atoms with Crippen molar-refractivity contribution in [2.75, 3.05) is 13.2 Å². The van der Waals surface area contributed by atoms with Crippen LogP contribution in [-0.4, -0.2) is 37.2 Å². The molecule has 0 heterocycles. The van der Waals surface area contributed by atoms with Crippen LogP contribution in [0.2, 0.25) is 0 Å². The Balaban J connectivity index is 3.99. The Kier molecular flexibility index (Phi) is 8.87. The number of amides is 1. The van der Waals surface area contributed by atoms with Crippen LogP contribution in [0.15, 0.2) is 12.7 Å². The molecule has 0 aliphatic heterocycles. The first kappa shape index (κ1) is 17.6. The summed E-state index contributed by atoms with van der Waals surface area (Å²) in [6.45, 7) is 11.6. The number of hydrogen-bond donors (Lipinski definition) is 1. The van der Waals surface area contributed by atoms with E-state index >= 15 is 0 Å². The van der Waals surface area contributed by atoms with Crippen LogP contribution in [0.3, 0.4) is 0 Å². The molecule has 0 bridgehead atoms. The molecule has 0 spiro atoms. The number of nitrogens with one attached hydrogen (secondary N) is 1. The van der Waals surface area contributed by atoms with Gasteiger partial charge >= 0.3 is 5.97 Å². The minimum Gasteiger partial charge on any atom is -0.451 e. The fourth-order valence-corrected chi connectivity index (χ4v) is 1.23. The van der Waals surface area contributed by atoms with Gasteiger partial charge in [-0.15, -0.1) is 6.58 Å². The van der Waals surface area contributed by atoms with Gasteiger partial charge in [0, 0.05) is 6.54 Å². The maximum atomic E-state index is 11.7. The maximum Gasteiger partial charge on any atom is 0.335 e. The molecule has 0 aromatic carbocycles. The normalized spacial score (nSPS) is 13.7. The lowest BCUT2D eigenvalue weighted by molar-refractivity contribution is -0.164. The van der Waals surface area contributed by atoms with E-state index in [1.165, 1.54) is 0 Å². The third kappa shape index (κ3) is 8.37. The van der Waals surface area contributed by atoms with E-state index in [9.17, 15) is 9.59 Å². The molecule has 110 valence electrons. The van der Waals surface area contributed by atoms with Crippen LogP contribution >= 0.6 is 0 Å². The van der Waals surface area contributed by atoms with Crippen LogP contribution in [0.5, 0.6) is 0 Å². The van der Waals surface area contributed by atoms with Gasteiger partial charge in [-0.25, -0.2) is 4.79 Å². The number of ether oxygens (including phenoxy) is 2. The van der Waals surface area contributed by atoms with Crippen molar-refractivity contribution >= 4 is 11.9 Å². The second-order valence-electron chi connectivity index (χ2n) is 4.82. The Bertz CT molecular complexity index is 302. The molecule has 0 aliphatic carbocycles. The standard InChI is InChI=1S/C14H25NO4/c1-6-9-18-12(5)14(17)19-11(4)13(16)15-8-7-10(2)3/h6,10-12H,1,7-9H2,2-5H3,(H,15,16). The molecule has 0 aromatic heterocycles. The van der Waals surface area contributed by atoms with E-state index in [2.05, 4.69) is 25.7 Å². The van der Waals surface area contributed by atoms with Gasteiger partial charge in [0.15, 0.2) is 12.2 Å². The number of esters is 1. The average Bonchev–Trinajstić information content (AvgIpc) is 2.34. The topological polar surface area (TPSA) is 64.6 Å². The Morgan fingerprint density at radius 1 is 1.21 bits per heavy atom. The highest BCUT2D eigenvalue weighted by atomic mass is 16.6. The van der Waals surface area contributed by atoms with Gasteiger partial charge in [-0.05, 0) is 26.2 Å². The van der Waals surface area contributed by atoms with Crippen LogP contribution < -0.4 is 5.32 Å². The molecule has 0 fully saturated rings. The van der Waals surface area contributed by atoms with Gasteiger partial charge in [0.2, 0.25) is 0 Å². The predicted octanol–water partition coefficient (Wildman–Crippen LogP) is 1.67. The summed E-state index contributed by atoms with van der Waals surface area (Å²) in [5.74, 6) is -0.316. The summed E-state index contributed by atoms with van der Waals surface area (Å²) in [4.78, 5) is 23.2. The molecule has 5 heteroatoms. The maximum absolute atomic E-state index is 11.7. The van der Waals surface area contributed by atoms with Crippen molar-refractivity contribution in [3.8, 4) is 0 Å². The first-order chi connectivity index (χ1) is 8.88. The molecule has 2 unspecified atom stereocenters. The monoisotopic (exact) mass is 271 g/mol. The summed E-state index contributed by atoms with van der Waals surface area (Å²) < 4.78 is 10.1. The van der Waals surface area contributed by atoms with Crippen LogP contribution in [0.25, 0.3) is 0 Å². The van der Waals surface area contributed by atoms with Crippen molar-refractivity contribution in [3.63, 3.8) is 0 Å². The van der Waals surface area contributed by atoms with Crippen molar-refractivity contribution in [1.29, 1.82) is 0 Å². The smallest absolute Gasteiger partial charge is 0.335 e. The first-order valence-electron chi connectivity index (χ1n) is 6.59. The van der Waals surface area contributed by atoms with Gasteiger partial charge in [0.1, 0.15) is 0 Å². The first-order valence-corrected chi connectivity index (χ1v) is 6.59. The van der Waals surface area contributed by atoms with Crippen LogP contribution in [0.1, 0.15) is 34.1 Å². The second-order valence-corrected chi connectivity index (χ2v) is 4.82. The van der Waals surface area contributed by atoms with Crippen LogP contribution in [0.4, 0.5) is 0 Å². The fraction of sp³-hybridized carbons (Fsp3) is 0.714. The Labute approximate surface area is 115 Å². The number of rotatable bonds is 9. The van der Waals surface area contributed by atoms with Crippen molar-refractivity contribution in [2.45, 2.75) is 46.3 Å². The summed E-state index contributed by atoms with van der Waals surface area (Å²) in [5, 5.41) is 2.73. The highest BCUT2D eigenvalue weighted by Gasteiger charge is 2.21. The van der Waals surface area contributed by atoms with Crippen molar-refractivity contribution in [1.82, 2.24) is 5.32 Å². The van der Waals surface area contributed by atoms with E-state index in [4.69, 9.17) is 9.47 Å². The molecule has 1 amide bonds. The van der Waals surface area contributed by atoms with Crippen LogP contribution in [-0.2, 0) is 19.1 Å². The summed E-state index contributed by atoms with van der Waals surface area (Å²) in [7, 11) is 0.